The van der Waals surface area contributed by atoms with Gasteiger partial charge < -0.3 is 16.0 Å². The molecule has 3 aromatic carbocycles. The van der Waals surface area contributed by atoms with Crippen LogP contribution in [0, 0.1) is 11.8 Å². The van der Waals surface area contributed by atoms with Crippen molar-refractivity contribution in [2.24, 2.45) is 11.8 Å². The van der Waals surface area contributed by atoms with Crippen LogP contribution in [-0.4, -0.2) is 54.2 Å². The average molecular weight is 1410 g/mol. The second kappa shape index (κ2) is 24.4. The molecule has 0 radical (unpaired) electrons. The molecule has 3 N–H and O–H groups in total. The van der Waals surface area contributed by atoms with Crippen molar-refractivity contribution >= 4 is 136 Å². The van der Waals surface area contributed by atoms with Crippen LogP contribution in [0.2, 0.25) is 15.1 Å². The van der Waals surface area contributed by atoms with Crippen molar-refractivity contribution in [3.63, 3.8) is 0 Å². The average Bonchev–Trinajstić information content (AvgIpc) is 3.72. The summed E-state index contributed by atoms with van der Waals surface area (Å²) < 4.78 is 6.50. The zero-order chi connectivity index (χ0) is 50.0. The van der Waals surface area contributed by atoms with Gasteiger partial charge in [0.1, 0.15) is 0 Å². The topological polar surface area (TPSA) is 74.8 Å². The molecule has 2 atom stereocenters. The minimum absolute atomic E-state index is 0.347. The fourth-order valence-electron chi connectivity index (χ4n) is 12.1. The van der Waals surface area contributed by atoms with Crippen molar-refractivity contribution in [2.45, 2.75) is 88.9 Å². The van der Waals surface area contributed by atoms with Gasteiger partial charge >= 0.3 is 0 Å². The van der Waals surface area contributed by atoms with Crippen LogP contribution in [0.5, 0.6) is 0 Å². The van der Waals surface area contributed by atoms with Crippen molar-refractivity contribution in [1.29, 1.82) is 0 Å². The molecule has 15 heteroatoms. The Bertz CT molecular complexity index is 2890. The second-order valence-electron chi connectivity index (χ2n) is 19.8. The first-order valence-corrected chi connectivity index (χ1v) is 31.0. The Morgan fingerprint density at radius 3 is 1.29 bits per heavy atom. The van der Waals surface area contributed by atoms with Gasteiger partial charge in [0.05, 0.1) is 17.1 Å². The molecule has 6 aliphatic rings. The predicted octanol–water partition coefficient (Wildman–Crippen LogP) is 16.5. The first kappa shape index (κ1) is 53.9. The maximum atomic E-state index is 6.34. The molecule has 3 aliphatic carbocycles. The molecule has 3 aromatic heterocycles. The van der Waals surface area contributed by atoms with Crippen LogP contribution in [0.25, 0.3) is 5.57 Å². The van der Waals surface area contributed by atoms with Crippen LogP contribution < -0.4 is 16.0 Å². The van der Waals surface area contributed by atoms with E-state index < -0.39 is 0 Å². The van der Waals surface area contributed by atoms with E-state index in [-0.39, 0.29) is 0 Å². The number of piperidine rings is 3. The molecule has 3 saturated heterocycles. The SMILES string of the molecule is Clc1cc(Br)c2c(c1)CCc1cc(Br)cnc1C2=C1CCNCC1.Clc1cc(Br)c2c(c1)CCc1cc(Br)cnc1C2C1CCNCC1.Clc1cc(Br)c2c(c1)CCc1cc(Br)cnc1C2C1CCNCC1. The number of rotatable bonds is 2. The number of nitrogens with one attached hydrogen (secondary N) is 3. The molecule has 72 heavy (non-hydrogen) atoms. The molecule has 6 nitrogen and oxygen atoms in total. The zero-order valence-corrected chi connectivity index (χ0v) is 51.5. The lowest BCUT2D eigenvalue weighted by Crippen LogP contribution is -2.32. The molecule has 3 fully saturated rings. The number of benzene rings is 3. The van der Waals surface area contributed by atoms with Gasteiger partial charge in [-0.25, -0.2) is 0 Å². The molecule has 6 heterocycles. The normalized spacial score (nSPS) is 19.8. The van der Waals surface area contributed by atoms with E-state index in [1.54, 1.807) is 0 Å². The summed E-state index contributed by atoms with van der Waals surface area (Å²) in [6, 6.07) is 19.2. The number of aryl methyl sites for hydroxylation is 6. The highest BCUT2D eigenvalue weighted by Gasteiger charge is 2.36. The van der Waals surface area contributed by atoms with Crippen molar-refractivity contribution in [3.05, 3.63) is 188 Å². The van der Waals surface area contributed by atoms with Crippen molar-refractivity contribution in [3.8, 4) is 0 Å². The summed E-state index contributed by atoms with van der Waals surface area (Å²) in [5.74, 6) is 1.93. The fourth-order valence-corrected chi connectivity index (χ4v) is 16.6. The number of hydrogen-bond donors (Lipinski definition) is 3. The molecular formula is C57H55Br6Cl3N6. The highest BCUT2D eigenvalue weighted by Crippen LogP contribution is 2.48. The minimum atomic E-state index is 0.347. The van der Waals surface area contributed by atoms with Crippen LogP contribution in [0.1, 0.15) is 118 Å². The van der Waals surface area contributed by atoms with E-state index in [2.05, 4.69) is 148 Å². The molecule has 0 saturated carbocycles. The smallest absolute Gasteiger partial charge is 0.0740 e. The van der Waals surface area contributed by atoms with E-state index in [0.29, 0.717) is 23.7 Å². The van der Waals surface area contributed by atoms with Gasteiger partial charge in [-0.3, -0.25) is 15.0 Å². The summed E-state index contributed by atoms with van der Waals surface area (Å²) in [7, 11) is 0. The highest BCUT2D eigenvalue weighted by molar-refractivity contribution is 9.11. The fraction of sp³-hybridized carbons (Fsp3) is 0.386. The third-order valence-electron chi connectivity index (χ3n) is 15.3. The molecule has 6 aromatic rings. The van der Waals surface area contributed by atoms with Gasteiger partial charge in [-0.2, -0.15) is 0 Å². The van der Waals surface area contributed by atoms with Crippen molar-refractivity contribution in [1.82, 2.24) is 30.9 Å². The molecular weight excluding hydrogens is 1350 g/mol. The summed E-state index contributed by atoms with van der Waals surface area (Å²) in [5.41, 5.74) is 18.6. The molecule has 2 unspecified atom stereocenters. The quantitative estimate of drug-likeness (QED) is 0.160. The minimum Gasteiger partial charge on any atom is -0.317 e. The second-order valence-corrected chi connectivity index (χ2v) is 26.4. The number of pyridine rings is 3. The maximum Gasteiger partial charge on any atom is 0.0740 e. The highest BCUT2D eigenvalue weighted by atomic mass is 79.9. The van der Waals surface area contributed by atoms with Crippen molar-refractivity contribution in [2.75, 3.05) is 39.3 Å². The summed E-state index contributed by atoms with van der Waals surface area (Å²) in [6.07, 6.45) is 18.7. The number of hydrogen-bond acceptors (Lipinski definition) is 6. The third kappa shape index (κ3) is 12.1. The van der Waals surface area contributed by atoms with E-state index in [4.69, 9.17) is 49.8 Å². The van der Waals surface area contributed by atoms with Crippen molar-refractivity contribution < 1.29 is 0 Å². The molecule has 0 amide bonds. The first-order chi connectivity index (χ1) is 34.9. The van der Waals surface area contributed by atoms with Gasteiger partial charge in [0.2, 0.25) is 0 Å². The Balaban J connectivity index is 0.000000124. The zero-order valence-electron chi connectivity index (χ0n) is 39.7. The summed E-state index contributed by atoms with van der Waals surface area (Å²) >= 11 is 41.1. The third-order valence-corrected chi connectivity index (χ3v) is 19.2. The lowest BCUT2D eigenvalue weighted by Gasteiger charge is -2.32. The molecule has 3 aliphatic heterocycles. The lowest BCUT2D eigenvalue weighted by molar-refractivity contribution is 0.338. The largest absolute Gasteiger partial charge is 0.317 e. The molecule has 12 rings (SSSR count). The lowest BCUT2D eigenvalue weighted by atomic mass is 9.77. The van der Waals surface area contributed by atoms with E-state index in [1.807, 2.05) is 36.8 Å². The van der Waals surface area contributed by atoms with E-state index in [0.717, 1.165) is 138 Å². The molecule has 0 spiro atoms. The van der Waals surface area contributed by atoms with Crippen LogP contribution in [0.15, 0.2) is 106 Å². The number of aromatic nitrogens is 3. The van der Waals surface area contributed by atoms with Crippen LogP contribution in [-0.2, 0) is 38.5 Å². The molecule has 0 bridgehead atoms. The maximum absolute atomic E-state index is 6.34. The van der Waals surface area contributed by atoms with Crippen LogP contribution in [0.3, 0.4) is 0 Å². The Labute approximate surface area is 489 Å². The van der Waals surface area contributed by atoms with Gasteiger partial charge in [0, 0.05) is 83.5 Å². The van der Waals surface area contributed by atoms with Gasteiger partial charge in [-0.1, -0.05) is 88.2 Å². The number of nitrogens with zero attached hydrogens (tertiary/aromatic N) is 3. The van der Waals surface area contributed by atoms with Gasteiger partial charge in [-0.05, 0) is 275 Å². The standard InChI is InChI=1S/2C19H19Br2ClN2.C19H17Br2ClN2/c3*20-14-7-13-2-1-12-8-15(22)9-16(21)17(12)18(19(13)24-10-14)11-3-5-23-6-4-11/h2*7-11,18,23H,1-6H2;7-10,23H,1-6H2. The Morgan fingerprint density at radius 2 is 0.792 bits per heavy atom. The summed E-state index contributed by atoms with van der Waals surface area (Å²) in [6.45, 7) is 6.43. The van der Waals surface area contributed by atoms with E-state index in [1.165, 1.54) is 98.3 Å². The summed E-state index contributed by atoms with van der Waals surface area (Å²) in [4.78, 5) is 14.6. The Morgan fingerprint density at radius 1 is 0.403 bits per heavy atom. The monoisotopic (exact) mass is 1400 g/mol. The Hall–Kier alpha value is -1.52. The Kier molecular flexibility index (Phi) is 18.3. The van der Waals surface area contributed by atoms with Gasteiger partial charge in [-0.15, -0.1) is 0 Å². The number of fused-ring (bicyclic) bond motifs is 6. The van der Waals surface area contributed by atoms with E-state index in [9.17, 15) is 0 Å². The first-order valence-electron chi connectivity index (χ1n) is 25.1. The molecule has 376 valence electrons. The van der Waals surface area contributed by atoms with Crippen LogP contribution in [0.4, 0.5) is 0 Å². The van der Waals surface area contributed by atoms with Gasteiger partial charge in [0.15, 0.2) is 0 Å². The van der Waals surface area contributed by atoms with Crippen LogP contribution >= 0.6 is 130 Å². The van der Waals surface area contributed by atoms with Gasteiger partial charge in [0.25, 0.3) is 0 Å². The van der Waals surface area contributed by atoms with E-state index >= 15 is 0 Å². The number of halogens is 9. The summed E-state index contributed by atoms with van der Waals surface area (Å²) in [5, 5.41) is 12.8. The predicted molar refractivity (Wildman–Crippen MR) is 318 cm³/mol.